The van der Waals surface area contributed by atoms with Crippen molar-refractivity contribution in [2.75, 3.05) is 19.6 Å². The van der Waals surface area contributed by atoms with Gasteiger partial charge in [0.05, 0.1) is 0 Å². The summed E-state index contributed by atoms with van der Waals surface area (Å²) in [6.45, 7) is 2.64. The lowest BCUT2D eigenvalue weighted by Gasteiger charge is -2.01. The number of nitrogens with two attached hydrogens (primary N) is 1. The van der Waals surface area contributed by atoms with E-state index in [1.165, 1.54) is 0 Å². The molecule has 1 aromatic rings. The Morgan fingerprint density at radius 3 is 2.92 bits per heavy atom. The standard InChI is InChI=1S/C10H17N3/c11-6-9-12-7-3-5-10-4-1-2-8-13-10/h1-2,4,8,12H,3,5-7,9,11H2. The van der Waals surface area contributed by atoms with Crippen molar-refractivity contribution in [3.63, 3.8) is 0 Å². The van der Waals surface area contributed by atoms with Crippen molar-refractivity contribution < 1.29 is 0 Å². The first-order valence-electron chi connectivity index (χ1n) is 4.74. The Morgan fingerprint density at radius 1 is 1.31 bits per heavy atom. The smallest absolute Gasteiger partial charge is 0.0404 e. The molecule has 0 radical (unpaired) electrons. The number of nitrogens with zero attached hydrogens (tertiary/aromatic N) is 1. The van der Waals surface area contributed by atoms with Crippen LogP contribution in [-0.4, -0.2) is 24.6 Å². The highest BCUT2D eigenvalue weighted by molar-refractivity contribution is 5.03. The van der Waals surface area contributed by atoms with E-state index < -0.39 is 0 Å². The lowest BCUT2D eigenvalue weighted by atomic mass is 10.2. The van der Waals surface area contributed by atoms with E-state index in [1.807, 2.05) is 18.3 Å². The molecule has 0 amide bonds. The van der Waals surface area contributed by atoms with Crippen molar-refractivity contribution in [2.24, 2.45) is 5.73 Å². The second-order valence-electron chi connectivity index (χ2n) is 2.96. The minimum absolute atomic E-state index is 0.712. The van der Waals surface area contributed by atoms with E-state index in [9.17, 15) is 0 Å². The van der Waals surface area contributed by atoms with Gasteiger partial charge in [0, 0.05) is 25.0 Å². The quantitative estimate of drug-likeness (QED) is 0.627. The van der Waals surface area contributed by atoms with Gasteiger partial charge in [-0.1, -0.05) is 6.07 Å². The molecule has 3 nitrogen and oxygen atoms in total. The van der Waals surface area contributed by atoms with Crippen LogP contribution in [0.25, 0.3) is 0 Å². The second kappa shape index (κ2) is 6.57. The first kappa shape index (κ1) is 10.2. The average molecular weight is 179 g/mol. The molecule has 13 heavy (non-hydrogen) atoms. The minimum Gasteiger partial charge on any atom is -0.329 e. The number of aromatic nitrogens is 1. The first-order valence-corrected chi connectivity index (χ1v) is 4.74. The third-order valence-electron chi connectivity index (χ3n) is 1.83. The zero-order chi connectivity index (χ0) is 9.36. The Bertz CT molecular complexity index is 211. The predicted molar refractivity (Wildman–Crippen MR) is 54.5 cm³/mol. The number of hydrogen-bond donors (Lipinski definition) is 2. The summed E-state index contributed by atoms with van der Waals surface area (Å²) in [5.41, 5.74) is 6.51. The van der Waals surface area contributed by atoms with Gasteiger partial charge in [0.1, 0.15) is 0 Å². The summed E-state index contributed by atoms with van der Waals surface area (Å²) in [7, 11) is 0. The Kier molecular flexibility index (Phi) is 5.13. The van der Waals surface area contributed by atoms with Gasteiger partial charge < -0.3 is 11.1 Å². The van der Waals surface area contributed by atoms with Crippen molar-refractivity contribution in [2.45, 2.75) is 12.8 Å². The molecule has 0 aliphatic carbocycles. The molecule has 1 rings (SSSR count). The maximum Gasteiger partial charge on any atom is 0.0404 e. The molecular formula is C10H17N3. The van der Waals surface area contributed by atoms with Crippen LogP contribution >= 0.6 is 0 Å². The van der Waals surface area contributed by atoms with Gasteiger partial charge in [0.2, 0.25) is 0 Å². The summed E-state index contributed by atoms with van der Waals surface area (Å²) in [4.78, 5) is 4.24. The van der Waals surface area contributed by atoms with Crippen molar-refractivity contribution >= 4 is 0 Å². The van der Waals surface area contributed by atoms with Crippen LogP contribution in [0.15, 0.2) is 24.4 Å². The van der Waals surface area contributed by atoms with Crippen molar-refractivity contribution in [3.05, 3.63) is 30.1 Å². The lowest BCUT2D eigenvalue weighted by molar-refractivity contribution is 0.649. The molecule has 0 aliphatic heterocycles. The fourth-order valence-corrected chi connectivity index (χ4v) is 1.17. The zero-order valence-corrected chi connectivity index (χ0v) is 7.87. The summed E-state index contributed by atoms with van der Waals surface area (Å²) < 4.78 is 0. The van der Waals surface area contributed by atoms with Gasteiger partial charge in [-0.3, -0.25) is 4.98 Å². The van der Waals surface area contributed by atoms with E-state index in [4.69, 9.17) is 5.73 Å². The Morgan fingerprint density at radius 2 is 2.23 bits per heavy atom. The Balaban J connectivity index is 2.07. The van der Waals surface area contributed by atoms with Gasteiger partial charge in [-0.05, 0) is 31.5 Å². The molecule has 3 heteroatoms. The van der Waals surface area contributed by atoms with Crippen LogP contribution in [0, 0.1) is 0 Å². The Hall–Kier alpha value is -0.930. The van der Waals surface area contributed by atoms with E-state index in [1.54, 1.807) is 0 Å². The van der Waals surface area contributed by atoms with Gasteiger partial charge >= 0.3 is 0 Å². The molecule has 0 aliphatic rings. The molecule has 3 N–H and O–H groups in total. The molecule has 0 saturated heterocycles. The maximum absolute atomic E-state index is 5.35. The highest BCUT2D eigenvalue weighted by Crippen LogP contribution is 1.96. The third kappa shape index (κ3) is 4.60. The van der Waals surface area contributed by atoms with Crippen molar-refractivity contribution in [1.29, 1.82) is 0 Å². The maximum atomic E-state index is 5.35. The molecule has 1 heterocycles. The summed E-state index contributed by atoms with van der Waals surface area (Å²) in [5.74, 6) is 0. The van der Waals surface area contributed by atoms with Crippen LogP contribution in [0.2, 0.25) is 0 Å². The largest absolute Gasteiger partial charge is 0.329 e. The topological polar surface area (TPSA) is 50.9 Å². The van der Waals surface area contributed by atoms with Crippen LogP contribution < -0.4 is 11.1 Å². The molecule has 0 unspecified atom stereocenters. The molecular weight excluding hydrogens is 162 g/mol. The van der Waals surface area contributed by atoms with Gasteiger partial charge in [0.15, 0.2) is 0 Å². The van der Waals surface area contributed by atoms with E-state index in [2.05, 4.69) is 16.4 Å². The monoisotopic (exact) mass is 179 g/mol. The van der Waals surface area contributed by atoms with Crippen LogP contribution in [0.1, 0.15) is 12.1 Å². The summed E-state index contributed by atoms with van der Waals surface area (Å²) in [6.07, 6.45) is 4.00. The van der Waals surface area contributed by atoms with E-state index in [0.717, 1.165) is 31.6 Å². The predicted octanol–water partition coefficient (Wildman–Crippen LogP) is 0.562. The zero-order valence-electron chi connectivity index (χ0n) is 7.87. The molecule has 0 aromatic carbocycles. The fraction of sp³-hybridized carbons (Fsp3) is 0.500. The van der Waals surface area contributed by atoms with E-state index in [0.29, 0.717) is 6.54 Å². The van der Waals surface area contributed by atoms with Crippen LogP contribution in [-0.2, 0) is 6.42 Å². The highest BCUT2D eigenvalue weighted by Gasteiger charge is 1.91. The number of aryl methyl sites for hydroxylation is 1. The van der Waals surface area contributed by atoms with Crippen LogP contribution in [0.5, 0.6) is 0 Å². The highest BCUT2D eigenvalue weighted by atomic mass is 14.9. The fourth-order valence-electron chi connectivity index (χ4n) is 1.17. The number of rotatable bonds is 6. The molecule has 72 valence electrons. The summed E-state index contributed by atoms with van der Waals surface area (Å²) in [6, 6.07) is 6.02. The SMILES string of the molecule is NCCNCCCc1ccccn1. The van der Waals surface area contributed by atoms with Gasteiger partial charge in [-0.15, -0.1) is 0 Å². The van der Waals surface area contributed by atoms with E-state index >= 15 is 0 Å². The van der Waals surface area contributed by atoms with Crippen LogP contribution in [0.3, 0.4) is 0 Å². The van der Waals surface area contributed by atoms with Crippen molar-refractivity contribution in [3.8, 4) is 0 Å². The molecule has 0 spiro atoms. The number of pyridine rings is 1. The molecule has 0 fully saturated rings. The van der Waals surface area contributed by atoms with Crippen LogP contribution in [0.4, 0.5) is 0 Å². The van der Waals surface area contributed by atoms with Gasteiger partial charge in [0.25, 0.3) is 0 Å². The van der Waals surface area contributed by atoms with Crippen molar-refractivity contribution in [1.82, 2.24) is 10.3 Å². The Labute approximate surface area is 79.4 Å². The molecule has 1 aromatic heterocycles. The minimum atomic E-state index is 0.712. The van der Waals surface area contributed by atoms with Gasteiger partial charge in [-0.25, -0.2) is 0 Å². The second-order valence-corrected chi connectivity index (χ2v) is 2.96. The van der Waals surface area contributed by atoms with E-state index in [-0.39, 0.29) is 0 Å². The number of hydrogen-bond acceptors (Lipinski definition) is 3. The number of nitrogens with one attached hydrogen (secondary N) is 1. The summed E-state index contributed by atoms with van der Waals surface area (Å²) >= 11 is 0. The normalized spacial score (nSPS) is 10.2. The molecule has 0 bridgehead atoms. The average Bonchev–Trinajstić information content (AvgIpc) is 2.19. The summed E-state index contributed by atoms with van der Waals surface area (Å²) in [5, 5.41) is 3.25. The molecule has 0 atom stereocenters. The third-order valence-corrected chi connectivity index (χ3v) is 1.83. The first-order chi connectivity index (χ1) is 6.43. The lowest BCUT2D eigenvalue weighted by Crippen LogP contribution is -2.23. The van der Waals surface area contributed by atoms with Gasteiger partial charge in [-0.2, -0.15) is 0 Å². The molecule has 0 saturated carbocycles.